The molecule has 1 heterocycles. The molecule has 0 aliphatic heterocycles. The van der Waals surface area contributed by atoms with Gasteiger partial charge in [-0.25, -0.2) is 4.98 Å². The van der Waals surface area contributed by atoms with E-state index in [1.807, 2.05) is 26.0 Å². The average molecular weight is 413 g/mol. The molecule has 0 spiro atoms. The Kier molecular flexibility index (Phi) is 7.06. The Morgan fingerprint density at radius 2 is 1.90 bits per heavy atom. The quantitative estimate of drug-likeness (QED) is 0.302. The second-order valence-corrected chi connectivity index (χ2v) is 7.75. The standard InChI is InChI=1S/C22H24N2O4S/c1-4-28-17-11-9-16(10-12-17)20(25)15(2)29-22-23-19-8-6-5-7-18(19)21(26)24(22)13-14-27-3/h5-12,15H,4,13-14H2,1-3H3/t15-/m1/s1. The predicted molar refractivity (Wildman–Crippen MR) is 115 cm³/mol. The first-order valence-corrected chi connectivity index (χ1v) is 10.3. The highest BCUT2D eigenvalue weighted by molar-refractivity contribution is 8.00. The number of carbonyl (C=O) groups is 1. The molecule has 7 heteroatoms. The number of rotatable bonds is 9. The molecule has 0 fully saturated rings. The van der Waals surface area contributed by atoms with E-state index in [2.05, 4.69) is 4.98 Å². The zero-order chi connectivity index (χ0) is 20.8. The number of fused-ring (bicyclic) bond motifs is 1. The molecule has 0 aliphatic carbocycles. The molecule has 1 atom stereocenters. The highest BCUT2D eigenvalue weighted by Gasteiger charge is 2.20. The molecule has 0 radical (unpaired) electrons. The fourth-order valence-electron chi connectivity index (χ4n) is 2.95. The third-order valence-corrected chi connectivity index (χ3v) is 5.54. The molecule has 0 amide bonds. The molecule has 1 aromatic heterocycles. The van der Waals surface area contributed by atoms with Gasteiger partial charge in [0, 0.05) is 12.7 Å². The van der Waals surface area contributed by atoms with Crippen molar-refractivity contribution in [3.63, 3.8) is 0 Å². The SMILES string of the molecule is CCOc1ccc(C(=O)[C@@H](C)Sc2nc3ccccc3c(=O)n2CCOC)cc1. The van der Waals surface area contributed by atoms with Gasteiger partial charge < -0.3 is 9.47 Å². The lowest BCUT2D eigenvalue weighted by Crippen LogP contribution is -2.26. The van der Waals surface area contributed by atoms with Crippen LogP contribution in [0.5, 0.6) is 5.75 Å². The topological polar surface area (TPSA) is 70.4 Å². The van der Waals surface area contributed by atoms with Crippen LogP contribution in [0.4, 0.5) is 0 Å². The van der Waals surface area contributed by atoms with E-state index in [0.717, 1.165) is 5.75 Å². The van der Waals surface area contributed by atoms with Gasteiger partial charge >= 0.3 is 0 Å². The number of methoxy groups -OCH3 is 1. The second-order valence-electron chi connectivity index (χ2n) is 6.44. The van der Waals surface area contributed by atoms with Crippen LogP contribution in [-0.4, -0.2) is 40.9 Å². The Labute approximate surface area is 173 Å². The minimum Gasteiger partial charge on any atom is -0.494 e. The molecule has 0 saturated carbocycles. The van der Waals surface area contributed by atoms with Gasteiger partial charge in [0.2, 0.25) is 0 Å². The van der Waals surface area contributed by atoms with Crippen LogP contribution in [0.3, 0.4) is 0 Å². The molecule has 0 aliphatic rings. The third-order valence-electron chi connectivity index (χ3n) is 4.45. The zero-order valence-electron chi connectivity index (χ0n) is 16.8. The molecule has 0 saturated heterocycles. The lowest BCUT2D eigenvalue weighted by Gasteiger charge is -2.16. The van der Waals surface area contributed by atoms with Crippen LogP contribution in [0.1, 0.15) is 24.2 Å². The summed E-state index contributed by atoms with van der Waals surface area (Å²) in [6, 6.07) is 14.3. The van der Waals surface area contributed by atoms with Crippen molar-refractivity contribution in [3.05, 3.63) is 64.4 Å². The number of ether oxygens (including phenoxy) is 2. The van der Waals surface area contributed by atoms with E-state index in [1.54, 1.807) is 48.1 Å². The number of hydrogen-bond acceptors (Lipinski definition) is 6. The van der Waals surface area contributed by atoms with Crippen LogP contribution < -0.4 is 10.3 Å². The van der Waals surface area contributed by atoms with E-state index in [0.29, 0.717) is 41.4 Å². The van der Waals surface area contributed by atoms with E-state index >= 15 is 0 Å². The largest absolute Gasteiger partial charge is 0.494 e. The van der Waals surface area contributed by atoms with Crippen LogP contribution in [0.25, 0.3) is 10.9 Å². The number of nitrogens with zero attached hydrogens (tertiary/aromatic N) is 2. The molecule has 0 unspecified atom stereocenters. The van der Waals surface area contributed by atoms with Crippen molar-refractivity contribution < 1.29 is 14.3 Å². The van der Waals surface area contributed by atoms with Gasteiger partial charge in [0.25, 0.3) is 5.56 Å². The third kappa shape index (κ3) is 4.86. The Morgan fingerprint density at radius 3 is 2.59 bits per heavy atom. The van der Waals surface area contributed by atoms with Crippen LogP contribution in [0.15, 0.2) is 58.5 Å². The Hall–Kier alpha value is -2.64. The van der Waals surface area contributed by atoms with Gasteiger partial charge in [0.15, 0.2) is 10.9 Å². The Balaban J connectivity index is 1.89. The van der Waals surface area contributed by atoms with Gasteiger partial charge in [0.1, 0.15) is 5.75 Å². The molecule has 6 nitrogen and oxygen atoms in total. The van der Waals surface area contributed by atoms with Crippen molar-refractivity contribution in [2.24, 2.45) is 0 Å². The molecule has 3 rings (SSSR count). The van der Waals surface area contributed by atoms with Crippen molar-refractivity contribution in [2.75, 3.05) is 20.3 Å². The maximum atomic E-state index is 12.9. The number of benzene rings is 2. The summed E-state index contributed by atoms with van der Waals surface area (Å²) in [7, 11) is 1.59. The first kappa shape index (κ1) is 21.1. The van der Waals surface area contributed by atoms with E-state index in [1.165, 1.54) is 11.8 Å². The fourth-order valence-corrected chi connectivity index (χ4v) is 3.96. The second kappa shape index (κ2) is 9.71. The first-order chi connectivity index (χ1) is 14.0. The minimum atomic E-state index is -0.408. The predicted octanol–water partition coefficient (Wildman–Crippen LogP) is 3.81. The highest BCUT2D eigenvalue weighted by Crippen LogP contribution is 2.25. The lowest BCUT2D eigenvalue weighted by atomic mass is 10.1. The number of Topliss-reactive ketones (excluding diaryl/α,β-unsaturated/α-hetero) is 1. The Bertz CT molecular complexity index is 1050. The molecule has 152 valence electrons. The highest BCUT2D eigenvalue weighted by atomic mass is 32.2. The normalized spacial score (nSPS) is 12.1. The summed E-state index contributed by atoms with van der Waals surface area (Å²) in [5.74, 6) is 0.702. The smallest absolute Gasteiger partial charge is 0.262 e. The molecule has 29 heavy (non-hydrogen) atoms. The van der Waals surface area contributed by atoms with E-state index in [-0.39, 0.29) is 11.3 Å². The number of hydrogen-bond donors (Lipinski definition) is 0. The van der Waals surface area contributed by atoms with Gasteiger partial charge in [-0.3, -0.25) is 14.2 Å². The van der Waals surface area contributed by atoms with Crippen LogP contribution in [0, 0.1) is 0 Å². The average Bonchev–Trinajstić information content (AvgIpc) is 2.74. The summed E-state index contributed by atoms with van der Waals surface area (Å²) in [4.78, 5) is 30.5. The minimum absolute atomic E-state index is 0.0289. The number of aromatic nitrogens is 2. The van der Waals surface area contributed by atoms with Crippen molar-refractivity contribution in [1.29, 1.82) is 0 Å². The van der Waals surface area contributed by atoms with Gasteiger partial charge in [-0.2, -0.15) is 0 Å². The molecular formula is C22H24N2O4S. The van der Waals surface area contributed by atoms with Gasteiger partial charge in [-0.05, 0) is 50.2 Å². The first-order valence-electron chi connectivity index (χ1n) is 9.47. The zero-order valence-corrected chi connectivity index (χ0v) is 17.6. The summed E-state index contributed by atoms with van der Waals surface area (Å²) in [6.45, 7) is 5.07. The van der Waals surface area contributed by atoms with Crippen LogP contribution in [0.2, 0.25) is 0 Å². The van der Waals surface area contributed by atoms with Crippen LogP contribution >= 0.6 is 11.8 Å². The van der Waals surface area contributed by atoms with Gasteiger partial charge in [-0.15, -0.1) is 0 Å². The monoisotopic (exact) mass is 412 g/mol. The maximum absolute atomic E-state index is 12.9. The molecular weight excluding hydrogens is 388 g/mol. The number of thioether (sulfide) groups is 1. The summed E-state index contributed by atoms with van der Waals surface area (Å²) in [5.41, 5.74) is 1.09. The van der Waals surface area contributed by atoms with E-state index in [9.17, 15) is 9.59 Å². The summed E-state index contributed by atoms with van der Waals surface area (Å²) in [6.07, 6.45) is 0. The van der Waals surface area contributed by atoms with Crippen molar-refractivity contribution in [3.8, 4) is 5.75 Å². The van der Waals surface area contributed by atoms with E-state index in [4.69, 9.17) is 9.47 Å². The van der Waals surface area contributed by atoms with Crippen molar-refractivity contribution in [2.45, 2.75) is 30.8 Å². The summed E-state index contributed by atoms with van der Waals surface area (Å²) < 4.78 is 12.2. The number of ketones is 1. The van der Waals surface area contributed by atoms with Gasteiger partial charge in [-0.1, -0.05) is 23.9 Å². The Morgan fingerprint density at radius 1 is 1.17 bits per heavy atom. The number of para-hydroxylation sites is 1. The fraction of sp³-hybridized carbons (Fsp3) is 0.318. The van der Waals surface area contributed by atoms with E-state index < -0.39 is 5.25 Å². The van der Waals surface area contributed by atoms with Crippen molar-refractivity contribution in [1.82, 2.24) is 9.55 Å². The van der Waals surface area contributed by atoms with Crippen LogP contribution in [-0.2, 0) is 11.3 Å². The summed E-state index contributed by atoms with van der Waals surface area (Å²) in [5, 5.41) is 0.658. The van der Waals surface area contributed by atoms with Crippen molar-refractivity contribution >= 4 is 28.4 Å². The van der Waals surface area contributed by atoms with Gasteiger partial charge in [0.05, 0.1) is 35.9 Å². The summed E-state index contributed by atoms with van der Waals surface area (Å²) >= 11 is 1.28. The molecule has 3 aromatic rings. The molecule has 0 N–H and O–H groups in total. The lowest BCUT2D eigenvalue weighted by molar-refractivity contribution is 0.0993. The molecule has 0 bridgehead atoms. The number of carbonyl (C=O) groups excluding carboxylic acids is 1. The maximum Gasteiger partial charge on any atom is 0.262 e. The molecule has 2 aromatic carbocycles.